The van der Waals surface area contributed by atoms with Crippen LogP contribution in [0.4, 0.5) is 4.39 Å². The summed E-state index contributed by atoms with van der Waals surface area (Å²) in [5.74, 6) is 0.0537. The third kappa shape index (κ3) is 3.92. The number of hydrogen-bond acceptors (Lipinski definition) is 5. The maximum Gasteiger partial charge on any atom is 0.271 e. The summed E-state index contributed by atoms with van der Waals surface area (Å²) in [7, 11) is 0. The van der Waals surface area contributed by atoms with E-state index in [0.717, 1.165) is 5.01 Å². The molecule has 8 heteroatoms. The summed E-state index contributed by atoms with van der Waals surface area (Å²) in [5.41, 5.74) is 6.93. The number of thiazole rings is 1. The molecule has 3 aromatic rings. The fourth-order valence-electron chi connectivity index (χ4n) is 2.41. The lowest BCUT2D eigenvalue weighted by Gasteiger charge is -2.09. The summed E-state index contributed by atoms with van der Waals surface area (Å²) in [6.07, 6.45) is 3.98. The van der Waals surface area contributed by atoms with Crippen LogP contribution in [0.3, 0.4) is 0 Å². The van der Waals surface area contributed by atoms with E-state index in [9.17, 15) is 9.18 Å². The standard InChI is InChI=1S/C17H18FN5OS/c1-11-20-6-7-23(11)15-3-2-12(8-13(15)18)9-21-17(24)14-10-25-16(22-14)4-5-19/h2-3,6-8,10H,4-5,9,19H2,1H3,(H,21,24). The smallest absolute Gasteiger partial charge is 0.271 e. The van der Waals surface area contributed by atoms with E-state index in [-0.39, 0.29) is 18.3 Å². The van der Waals surface area contributed by atoms with Gasteiger partial charge in [0.25, 0.3) is 5.91 Å². The van der Waals surface area contributed by atoms with Gasteiger partial charge in [-0.15, -0.1) is 11.3 Å². The number of carbonyl (C=O) groups excluding carboxylic acids is 1. The number of benzene rings is 1. The van der Waals surface area contributed by atoms with Crippen LogP contribution in [0.5, 0.6) is 0 Å². The van der Waals surface area contributed by atoms with Crippen molar-refractivity contribution < 1.29 is 9.18 Å². The molecule has 0 saturated heterocycles. The highest BCUT2D eigenvalue weighted by molar-refractivity contribution is 7.09. The first-order chi connectivity index (χ1) is 12.1. The summed E-state index contributed by atoms with van der Waals surface area (Å²) in [5, 5.41) is 5.28. The normalized spacial score (nSPS) is 10.8. The third-order valence-corrected chi connectivity index (χ3v) is 4.60. The van der Waals surface area contributed by atoms with Gasteiger partial charge in [0.15, 0.2) is 0 Å². The van der Waals surface area contributed by atoms with Gasteiger partial charge in [-0.25, -0.2) is 14.4 Å². The van der Waals surface area contributed by atoms with Crippen molar-refractivity contribution in [1.82, 2.24) is 19.9 Å². The summed E-state index contributed by atoms with van der Waals surface area (Å²) >= 11 is 1.41. The van der Waals surface area contributed by atoms with Gasteiger partial charge in [0.2, 0.25) is 0 Å². The minimum atomic E-state index is -0.369. The maximum atomic E-state index is 14.3. The van der Waals surface area contributed by atoms with E-state index in [0.29, 0.717) is 35.7 Å². The number of aromatic nitrogens is 3. The number of aryl methyl sites for hydroxylation is 1. The van der Waals surface area contributed by atoms with E-state index in [1.54, 1.807) is 41.4 Å². The highest BCUT2D eigenvalue weighted by Crippen LogP contribution is 2.17. The van der Waals surface area contributed by atoms with E-state index < -0.39 is 0 Å². The van der Waals surface area contributed by atoms with Crippen molar-refractivity contribution in [3.8, 4) is 5.69 Å². The summed E-state index contributed by atoms with van der Waals surface area (Å²) < 4.78 is 16.0. The summed E-state index contributed by atoms with van der Waals surface area (Å²) in [6.45, 7) is 2.53. The van der Waals surface area contributed by atoms with Crippen LogP contribution in [-0.2, 0) is 13.0 Å². The zero-order valence-corrected chi connectivity index (χ0v) is 14.5. The Hall–Kier alpha value is -2.58. The predicted molar refractivity (Wildman–Crippen MR) is 94.3 cm³/mol. The first kappa shape index (κ1) is 17.2. The number of carbonyl (C=O) groups is 1. The molecule has 0 aliphatic heterocycles. The number of nitrogens with two attached hydrogens (primary N) is 1. The second-order valence-electron chi connectivity index (χ2n) is 5.48. The highest BCUT2D eigenvalue weighted by atomic mass is 32.1. The Morgan fingerprint density at radius 2 is 2.28 bits per heavy atom. The molecule has 0 radical (unpaired) electrons. The fourth-order valence-corrected chi connectivity index (χ4v) is 3.21. The Bertz CT molecular complexity index is 889. The number of hydrogen-bond donors (Lipinski definition) is 2. The molecule has 3 N–H and O–H groups in total. The van der Waals surface area contributed by atoms with Crippen LogP contribution in [0, 0.1) is 12.7 Å². The fraction of sp³-hybridized carbons (Fsp3) is 0.235. The van der Waals surface area contributed by atoms with Crippen molar-refractivity contribution in [2.24, 2.45) is 5.73 Å². The first-order valence-corrected chi connectivity index (χ1v) is 8.68. The van der Waals surface area contributed by atoms with E-state index in [4.69, 9.17) is 5.73 Å². The molecule has 0 unspecified atom stereocenters. The number of rotatable bonds is 6. The molecule has 0 saturated carbocycles. The molecular formula is C17H18FN5OS. The molecule has 2 aromatic heterocycles. The lowest BCUT2D eigenvalue weighted by atomic mass is 10.2. The van der Waals surface area contributed by atoms with Crippen molar-refractivity contribution in [2.75, 3.05) is 6.54 Å². The maximum absolute atomic E-state index is 14.3. The Kier molecular flexibility index (Phi) is 5.20. The van der Waals surface area contributed by atoms with Gasteiger partial charge in [0.05, 0.1) is 10.7 Å². The lowest BCUT2D eigenvalue weighted by Crippen LogP contribution is -2.23. The van der Waals surface area contributed by atoms with Crippen LogP contribution in [0.25, 0.3) is 5.69 Å². The summed E-state index contributed by atoms with van der Waals surface area (Å²) in [6, 6.07) is 4.86. The van der Waals surface area contributed by atoms with Gasteiger partial charge in [-0.2, -0.15) is 0 Å². The van der Waals surface area contributed by atoms with E-state index >= 15 is 0 Å². The van der Waals surface area contributed by atoms with Gasteiger partial charge < -0.3 is 15.6 Å². The van der Waals surface area contributed by atoms with Gasteiger partial charge in [0, 0.05) is 30.7 Å². The van der Waals surface area contributed by atoms with Crippen LogP contribution < -0.4 is 11.1 Å². The number of nitrogens with zero attached hydrogens (tertiary/aromatic N) is 3. The van der Waals surface area contributed by atoms with E-state index in [1.807, 2.05) is 0 Å². The molecule has 1 amide bonds. The molecule has 0 aliphatic rings. The Morgan fingerprint density at radius 3 is 2.96 bits per heavy atom. The van der Waals surface area contributed by atoms with Crippen LogP contribution >= 0.6 is 11.3 Å². The highest BCUT2D eigenvalue weighted by Gasteiger charge is 2.12. The number of amides is 1. The van der Waals surface area contributed by atoms with Gasteiger partial charge in [-0.1, -0.05) is 6.07 Å². The minimum Gasteiger partial charge on any atom is -0.347 e. The Labute approximate surface area is 148 Å². The SMILES string of the molecule is Cc1nccn1-c1ccc(CNC(=O)c2csc(CCN)n2)cc1F. The quantitative estimate of drug-likeness (QED) is 0.706. The zero-order chi connectivity index (χ0) is 17.8. The van der Waals surface area contributed by atoms with Gasteiger partial charge in [-0.05, 0) is 31.2 Å². The van der Waals surface area contributed by atoms with Crippen molar-refractivity contribution in [3.63, 3.8) is 0 Å². The molecular weight excluding hydrogens is 341 g/mol. The molecule has 0 atom stereocenters. The number of imidazole rings is 1. The molecule has 3 rings (SSSR count). The average Bonchev–Trinajstić information content (AvgIpc) is 3.22. The molecule has 6 nitrogen and oxygen atoms in total. The largest absolute Gasteiger partial charge is 0.347 e. The molecule has 0 aliphatic carbocycles. The zero-order valence-electron chi connectivity index (χ0n) is 13.7. The molecule has 0 bridgehead atoms. The van der Waals surface area contributed by atoms with E-state index in [1.165, 1.54) is 17.4 Å². The summed E-state index contributed by atoms with van der Waals surface area (Å²) in [4.78, 5) is 20.4. The first-order valence-electron chi connectivity index (χ1n) is 7.80. The van der Waals surface area contributed by atoms with Gasteiger partial charge in [-0.3, -0.25) is 4.79 Å². The van der Waals surface area contributed by atoms with Crippen LogP contribution in [0.2, 0.25) is 0 Å². The van der Waals surface area contributed by atoms with Crippen molar-refractivity contribution in [1.29, 1.82) is 0 Å². The minimum absolute atomic E-state index is 0.225. The van der Waals surface area contributed by atoms with Crippen LogP contribution in [0.15, 0.2) is 36.0 Å². The Balaban J connectivity index is 1.66. The van der Waals surface area contributed by atoms with Crippen molar-refractivity contribution >= 4 is 17.2 Å². The van der Waals surface area contributed by atoms with Crippen LogP contribution in [0.1, 0.15) is 26.9 Å². The monoisotopic (exact) mass is 359 g/mol. The van der Waals surface area contributed by atoms with Crippen molar-refractivity contribution in [2.45, 2.75) is 19.9 Å². The molecule has 2 heterocycles. The molecule has 25 heavy (non-hydrogen) atoms. The van der Waals surface area contributed by atoms with Gasteiger partial charge in [0.1, 0.15) is 17.3 Å². The van der Waals surface area contributed by atoms with Gasteiger partial charge >= 0.3 is 0 Å². The molecule has 0 fully saturated rings. The second-order valence-corrected chi connectivity index (χ2v) is 6.42. The number of halogens is 1. The molecule has 1 aromatic carbocycles. The van der Waals surface area contributed by atoms with E-state index in [2.05, 4.69) is 15.3 Å². The number of nitrogens with one attached hydrogen (secondary N) is 1. The molecule has 130 valence electrons. The Morgan fingerprint density at radius 1 is 1.44 bits per heavy atom. The average molecular weight is 359 g/mol. The lowest BCUT2D eigenvalue weighted by molar-refractivity contribution is 0.0946. The molecule has 0 spiro atoms. The van der Waals surface area contributed by atoms with Crippen molar-refractivity contribution in [3.05, 3.63) is 63.9 Å². The van der Waals surface area contributed by atoms with Crippen LogP contribution in [-0.4, -0.2) is 27.0 Å². The third-order valence-electron chi connectivity index (χ3n) is 3.69. The topological polar surface area (TPSA) is 85.8 Å². The second kappa shape index (κ2) is 7.54. The predicted octanol–water partition coefficient (Wildman–Crippen LogP) is 2.21.